The van der Waals surface area contributed by atoms with E-state index in [2.05, 4.69) is 35.5 Å². The van der Waals surface area contributed by atoms with Crippen molar-refractivity contribution in [3.05, 3.63) is 0 Å². The molecule has 2 atom stereocenters. The van der Waals surface area contributed by atoms with E-state index in [0.717, 1.165) is 24.0 Å². The highest BCUT2D eigenvalue weighted by molar-refractivity contribution is 5.02. The first kappa shape index (κ1) is 13.8. The molecule has 0 aliphatic carbocycles. The van der Waals surface area contributed by atoms with Gasteiger partial charge in [-0.2, -0.15) is 0 Å². The van der Waals surface area contributed by atoms with Crippen molar-refractivity contribution in [1.29, 1.82) is 0 Å². The van der Waals surface area contributed by atoms with Crippen LogP contribution in [0.3, 0.4) is 0 Å². The van der Waals surface area contributed by atoms with Crippen LogP contribution >= 0.6 is 0 Å². The number of hydrogen-bond donors (Lipinski definition) is 0. The standard InChI is InChI=1S/C16H31N3/c1-4-17-7-5-14(6-8-17)10-19-15-9-16(19)12-18(11-15)13(2)3/h13-16H,4-12H2,1-3H3. The Morgan fingerprint density at radius 3 is 2.21 bits per heavy atom. The second kappa shape index (κ2) is 5.71. The van der Waals surface area contributed by atoms with Crippen LogP contribution in [0.5, 0.6) is 0 Å². The molecule has 3 fully saturated rings. The molecule has 0 radical (unpaired) electrons. The molecule has 0 N–H and O–H groups in total. The summed E-state index contributed by atoms with van der Waals surface area (Å²) in [5.41, 5.74) is 0. The predicted octanol–water partition coefficient (Wildman–Crippen LogP) is 1.89. The minimum Gasteiger partial charge on any atom is -0.304 e. The molecule has 0 aromatic carbocycles. The summed E-state index contributed by atoms with van der Waals surface area (Å²) in [6, 6.07) is 2.50. The highest BCUT2D eigenvalue weighted by Gasteiger charge is 2.45. The van der Waals surface area contributed by atoms with E-state index in [1.54, 1.807) is 0 Å². The molecule has 19 heavy (non-hydrogen) atoms. The minimum atomic E-state index is 0.736. The lowest BCUT2D eigenvalue weighted by Gasteiger charge is -2.58. The summed E-state index contributed by atoms with van der Waals surface area (Å²) in [7, 11) is 0. The number of nitrogens with zero attached hydrogens (tertiary/aromatic N) is 3. The largest absolute Gasteiger partial charge is 0.304 e. The van der Waals surface area contributed by atoms with Crippen LogP contribution in [-0.2, 0) is 0 Å². The van der Waals surface area contributed by atoms with Crippen molar-refractivity contribution in [2.75, 3.05) is 39.3 Å². The monoisotopic (exact) mass is 265 g/mol. The first-order valence-corrected chi connectivity index (χ1v) is 8.39. The quantitative estimate of drug-likeness (QED) is 0.768. The van der Waals surface area contributed by atoms with Gasteiger partial charge in [-0.25, -0.2) is 0 Å². The zero-order valence-corrected chi connectivity index (χ0v) is 13.0. The summed E-state index contributed by atoms with van der Waals surface area (Å²) in [5, 5.41) is 0. The fraction of sp³-hybridized carbons (Fsp3) is 1.00. The summed E-state index contributed by atoms with van der Waals surface area (Å²) in [6.45, 7) is 14.9. The molecule has 0 spiro atoms. The molecular weight excluding hydrogens is 234 g/mol. The SMILES string of the molecule is CCN1CCC(CN2C3CC2CN(C(C)C)C3)CC1. The van der Waals surface area contributed by atoms with Crippen LogP contribution in [0.15, 0.2) is 0 Å². The fourth-order valence-electron chi connectivity index (χ4n) is 4.22. The normalized spacial score (nSPS) is 34.7. The number of likely N-dealkylation sites (tertiary alicyclic amines) is 3. The maximum absolute atomic E-state index is 2.84. The molecule has 3 aliphatic heterocycles. The molecule has 110 valence electrons. The van der Waals surface area contributed by atoms with E-state index in [0.29, 0.717) is 0 Å². The molecule has 3 nitrogen and oxygen atoms in total. The molecular formula is C16H31N3. The fourth-order valence-corrected chi connectivity index (χ4v) is 4.22. The van der Waals surface area contributed by atoms with Gasteiger partial charge in [-0.15, -0.1) is 0 Å². The van der Waals surface area contributed by atoms with Gasteiger partial charge in [0.2, 0.25) is 0 Å². The summed E-state index contributed by atoms with van der Waals surface area (Å²) in [5.74, 6) is 0.971. The van der Waals surface area contributed by atoms with Crippen LogP contribution in [0, 0.1) is 5.92 Å². The minimum absolute atomic E-state index is 0.736. The van der Waals surface area contributed by atoms with Gasteiger partial charge < -0.3 is 4.90 Å². The highest BCUT2D eigenvalue weighted by atomic mass is 15.4. The number of fused-ring (bicyclic) bond motifs is 2. The molecule has 0 saturated carbocycles. The van der Waals surface area contributed by atoms with Crippen molar-refractivity contribution < 1.29 is 0 Å². The van der Waals surface area contributed by atoms with E-state index in [-0.39, 0.29) is 0 Å². The third kappa shape index (κ3) is 2.84. The van der Waals surface area contributed by atoms with E-state index < -0.39 is 0 Å². The third-order valence-electron chi connectivity index (χ3n) is 5.73. The van der Waals surface area contributed by atoms with Gasteiger partial charge in [0.25, 0.3) is 0 Å². The number of piperazine rings is 1. The first-order chi connectivity index (χ1) is 9.17. The van der Waals surface area contributed by atoms with Crippen molar-refractivity contribution in [3.8, 4) is 0 Å². The van der Waals surface area contributed by atoms with E-state index >= 15 is 0 Å². The second-order valence-corrected chi connectivity index (χ2v) is 7.17. The van der Waals surface area contributed by atoms with Crippen molar-refractivity contribution in [2.45, 2.75) is 58.2 Å². The van der Waals surface area contributed by atoms with E-state index in [1.807, 2.05) is 0 Å². The Kier molecular flexibility index (Phi) is 4.16. The highest BCUT2D eigenvalue weighted by Crippen LogP contribution is 2.35. The molecule has 3 saturated heterocycles. The molecule has 2 bridgehead atoms. The van der Waals surface area contributed by atoms with E-state index in [4.69, 9.17) is 0 Å². The Bertz CT molecular complexity index is 284. The Morgan fingerprint density at radius 1 is 1.05 bits per heavy atom. The van der Waals surface area contributed by atoms with Gasteiger partial charge in [0, 0.05) is 37.8 Å². The molecule has 0 aromatic rings. The van der Waals surface area contributed by atoms with Gasteiger partial charge in [0.1, 0.15) is 0 Å². The maximum Gasteiger partial charge on any atom is 0.0242 e. The van der Waals surface area contributed by atoms with Crippen LogP contribution in [0.4, 0.5) is 0 Å². The summed E-state index contributed by atoms with van der Waals surface area (Å²) >= 11 is 0. The summed E-state index contributed by atoms with van der Waals surface area (Å²) in [6.07, 6.45) is 4.33. The van der Waals surface area contributed by atoms with Crippen LogP contribution in [0.25, 0.3) is 0 Å². The Balaban J connectivity index is 1.46. The van der Waals surface area contributed by atoms with Crippen molar-refractivity contribution in [3.63, 3.8) is 0 Å². The zero-order valence-electron chi connectivity index (χ0n) is 13.0. The second-order valence-electron chi connectivity index (χ2n) is 7.17. The van der Waals surface area contributed by atoms with Crippen LogP contribution in [0.2, 0.25) is 0 Å². The number of rotatable bonds is 4. The van der Waals surface area contributed by atoms with Crippen LogP contribution in [0.1, 0.15) is 40.0 Å². The van der Waals surface area contributed by atoms with Gasteiger partial charge in [-0.3, -0.25) is 9.80 Å². The molecule has 3 heterocycles. The van der Waals surface area contributed by atoms with Crippen LogP contribution < -0.4 is 0 Å². The Hall–Kier alpha value is -0.120. The lowest BCUT2D eigenvalue weighted by atomic mass is 9.84. The Morgan fingerprint density at radius 2 is 1.68 bits per heavy atom. The smallest absolute Gasteiger partial charge is 0.0242 e. The summed E-state index contributed by atoms with van der Waals surface area (Å²) < 4.78 is 0. The van der Waals surface area contributed by atoms with Gasteiger partial charge in [-0.05, 0) is 58.7 Å². The number of piperidine rings is 2. The molecule has 2 unspecified atom stereocenters. The van der Waals surface area contributed by atoms with Crippen LogP contribution in [-0.4, -0.2) is 72.1 Å². The maximum atomic E-state index is 2.84. The average Bonchev–Trinajstić information content (AvgIpc) is 2.45. The molecule has 0 amide bonds. The molecule has 3 heteroatoms. The zero-order chi connectivity index (χ0) is 13.4. The summed E-state index contributed by atoms with van der Waals surface area (Å²) in [4.78, 5) is 8.12. The van der Waals surface area contributed by atoms with Gasteiger partial charge in [0.15, 0.2) is 0 Å². The first-order valence-electron chi connectivity index (χ1n) is 8.39. The predicted molar refractivity (Wildman–Crippen MR) is 80.4 cm³/mol. The van der Waals surface area contributed by atoms with Crippen molar-refractivity contribution in [1.82, 2.24) is 14.7 Å². The number of hydrogen-bond acceptors (Lipinski definition) is 3. The third-order valence-corrected chi connectivity index (χ3v) is 5.73. The molecule has 0 aromatic heterocycles. The van der Waals surface area contributed by atoms with Crippen molar-refractivity contribution >= 4 is 0 Å². The molecule has 3 rings (SSSR count). The van der Waals surface area contributed by atoms with E-state index in [9.17, 15) is 0 Å². The van der Waals surface area contributed by atoms with Gasteiger partial charge in [0.05, 0.1) is 0 Å². The topological polar surface area (TPSA) is 9.72 Å². The van der Waals surface area contributed by atoms with Gasteiger partial charge in [-0.1, -0.05) is 6.92 Å². The van der Waals surface area contributed by atoms with Crippen molar-refractivity contribution in [2.24, 2.45) is 5.92 Å². The van der Waals surface area contributed by atoms with Gasteiger partial charge >= 0.3 is 0 Å². The van der Waals surface area contributed by atoms with E-state index in [1.165, 1.54) is 58.5 Å². The lowest BCUT2D eigenvalue weighted by molar-refractivity contribution is -0.0883. The molecule has 3 aliphatic rings. The Labute approximate surface area is 118 Å². The lowest BCUT2D eigenvalue weighted by Crippen LogP contribution is -2.70. The average molecular weight is 265 g/mol.